The van der Waals surface area contributed by atoms with E-state index in [0.29, 0.717) is 12.1 Å². The molecule has 1 aromatic rings. The van der Waals surface area contributed by atoms with Gasteiger partial charge in [0.25, 0.3) is 0 Å². The summed E-state index contributed by atoms with van der Waals surface area (Å²) < 4.78 is 76.4. The van der Waals surface area contributed by atoms with Crippen molar-refractivity contribution in [1.82, 2.24) is 0 Å². The molecule has 128 valence electrons. The molecule has 0 fully saturated rings. The van der Waals surface area contributed by atoms with Crippen LogP contribution in [0.3, 0.4) is 0 Å². The van der Waals surface area contributed by atoms with E-state index in [1.165, 1.54) is 0 Å². The minimum atomic E-state index is -5.00. The maximum atomic E-state index is 12.9. The lowest BCUT2D eigenvalue weighted by Crippen LogP contribution is -2.32. The first-order valence-electron chi connectivity index (χ1n) is 6.07. The maximum Gasteiger partial charge on any atom is 0.416 e. The molecule has 0 amide bonds. The largest absolute Gasteiger partial charge is 0.416 e. The van der Waals surface area contributed by atoms with Crippen LogP contribution in [0.5, 0.6) is 0 Å². The fourth-order valence-electron chi connectivity index (χ4n) is 1.87. The molecule has 0 aromatic heterocycles. The van der Waals surface area contributed by atoms with E-state index in [2.05, 4.69) is 0 Å². The van der Waals surface area contributed by atoms with Crippen LogP contribution in [0.25, 0.3) is 0 Å². The molecule has 0 bridgehead atoms. The average Bonchev–Trinajstić information content (AvgIpc) is 2.34. The lowest BCUT2D eigenvalue weighted by Gasteiger charge is -2.26. The predicted molar refractivity (Wildman–Crippen MR) is 71.5 cm³/mol. The second-order valence-corrected chi connectivity index (χ2v) is 5.06. The number of aliphatic hydroxyl groups excluding tert-OH is 1. The molecule has 0 saturated heterocycles. The number of alkyl halides is 6. The summed E-state index contributed by atoms with van der Waals surface area (Å²) in [5, 5.41) is 9.75. The zero-order valence-electron chi connectivity index (χ0n) is 11.7. The fourth-order valence-corrected chi connectivity index (χ4v) is 1.87. The van der Waals surface area contributed by atoms with Crippen LogP contribution >= 0.6 is 12.4 Å². The minimum Gasteiger partial charge on any atom is -0.391 e. The van der Waals surface area contributed by atoms with E-state index >= 15 is 0 Å². The normalized spacial score (nSPS) is 15.4. The Morgan fingerprint density at radius 1 is 1.00 bits per heavy atom. The van der Waals surface area contributed by atoms with Gasteiger partial charge in [-0.25, -0.2) is 0 Å². The number of nitrogens with two attached hydrogens (primary N) is 1. The van der Waals surface area contributed by atoms with Crippen LogP contribution in [0, 0.1) is 5.92 Å². The number of aliphatic hydroxyl groups is 1. The molecule has 3 N–H and O–H groups in total. The Bertz CT molecular complexity index is 500. The number of benzene rings is 1. The van der Waals surface area contributed by atoms with Crippen molar-refractivity contribution >= 4 is 12.4 Å². The van der Waals surface area contributed by atoms with Gasteiger partial charge in [0.15, 0.2) is 0 Å². The molecule has 0 unspecified atom stereocenters. The van der Waals surface area contributed by atoms with Crippen molar-refractivity contribution in [2.75, 3.05) is 0 Å². The molecule has 9 heteroatoms. The highest BCUT2D eigenvalue weighted by atomic mass is 35.5. The van der Waals surface area contributed by atoms with Gasteiger partial charge in [0, 0.05) is 0 Å². The lowest BCUT2D eigenvalue weighted by atomic mass is 9.90. The van der Waals surface area contributed by atoms with Crippen LogP contribution in [-0.2, 0) is 12.4 Å². The molecule has 0 aliphatic carbocycles. The summed E-state index contributed by atoms with van der Waals surface area (Å²) in [7, 11) is 0. The number of hydrogen-bond donors (Lipinski definition) is 2. The zero-order valence-corrected chi connectivity index (χ0v) is 12.5. The molecule has 1 aromatic carbocycles. The first-order valence-corrected chi connectivity index (χ1v) is 6.07. The standard InChI is InChI=1S/C13H15F6NO.ClH/c1-6(2)11(21)10(20)8-4-3-7(12(14,15)16)5-9(8)13(17,18)19;/h3-6,10-11,21H,20H2,1-2H3;1H/t10-,11+;/m1./s1. The van der Waals surface area contributed by atoms with Crippen LogP contribution in [0.15, 0.2) is 18.2 Å². The highest BCUT2D eigenvalue weighted by Gasteiger charge is 2.40. The van der Waals surface area contributed by atoms with Gasteiger partial charge in [0.1, 0.15) is 0 Å². The van der Waals surface area contributed by atoms with Crippen molar-refractivity contribution in [2.45, 2.75) is 38.3 Å². The zero-order chi connectivity index (χ0) is 16.6. The molecule has 0 saturated carbocycles. The van der Waals surface area contributed by atoms with Gasteiger partial charge in [0.2, 0.25) is 0 Å². The Kier molecular flexibility index (Phi) is 6.74. The van der Waals surface area contributed by atoms with Gasteiger partial charge in [0.05, 0.1) is 23.3 Å². The summed E-state index contributed by atoms with van der Waals surface area (Å²) >= 11 is 0. The Morgan fingerprint density at radius 2 is 1.50 bits per heavy atom. The van der Waals surface area contributed by atoms with E-state index in [1.54, 1.807) is 13.8 Å². The lowest BCUT2D eigenvalue weighted by molar-refractivity contribution is -0.143. The minimum absolute atomic E-state index is 0. The number of hydrogen-bond acceptors (Lipinski definition) is 2. The quantitative estimate of drug-likeness (QED) is 0.803. The van der Waals surface area contributed by atoms with Gasteiger partial charge in [-0.1, -0.05) is 19.9 Å². The van der Waals surface area contributed by atoms with Gasteiger partial charge in [-0.05, 0) is 23.6 Å². The molecular weight excluding hydrogens is 336 g/mol. The van der Waals surface area contributed by atoms with E-state index < -0.39 is 47.1 Å². The van der Waals surface area contributed by atoms with Gasteiger partial charge >= 0.3 is 12.4 Å². The molecule has 1 rings (SSSR count). The van der Waals surface area contributed by atoms with Crippen molar-refractivity contribution in [3.8, 4) is 0 Å². The van der Waals surface area contributed by atoms with Crippen LogP contribution < -0.4 is 5.73 Å². The molecule has 0 radical (unpaired) electrons. The Balaban J connectivity index is 0.00000441. The van der Waals surface area contributed by atoms with Crippen molar-refractivity contribution in [3.05, 3.63) is 34.9 Å². The second kappa shape index (κ2) is 7.06. The smallest absolute Gasteiger partial charge is 0.391 e. The van der Waals surface area contributed by atoms with Crippen molar-refractivity contribution in [3.63, 3.8) is 0 Å². The summed E-state index contributed by atoms with van der Waals surface area (Å²) in [6.07, 6.45) is -11.2. The molecular formula is C13H16ClF6NO. The summed E-state index contributed by atoms with van der Waals surface area (Å²) in [5.74, 6) is -0.441. The second-order valence-electron chi connectivity index (χ2n) is 5.06. The average molecular weight is 352 g/mol. The Hall–Kier alpha value is -0.990. The van der Waals surface area contributed by atoms with Gasteiger partial charge in [-0.15, -0.1) is 12.4 Å². The van der Waals surface area contributed by atoms with Crippen LogP contribution in [0.2, 0.25) is 0 Å². The highest BCUT2D eigenvalue weighted by Crippen LogP contribution is 2.39. The number of halogens is 7. The molecule has 0 spiro atoms. The molecule has 22 heavy (non-hydrogen) atoms. The third-order valence-corrected chi connectivity index (χ3v) is 3.10. The molecule has 0 heterocycles. The van der Waals surface area contributed by atoms with Gasteiger partial charge in [-0.2, -0.15) is 26.3 Å². The van der Waals surface area contributed by atoms with Gasteiger partial charge < -0.3 is 10.8 Å². The van der Waals surface area contributed by atoms with Crippen molar-refractivity contribution < 1.29 is 31.4 Å². The Labute approximate surface area is 129 Å². The van der Waals surface area contributed by atoms with E-state index in [9.17, 15) is 31.4 Å². The first-order chi connectivity index (χ1) is 9.35. The van der Waals surface area contributed by atoms with Crippen molar-refractivity contribution in [1.29, 1.82) is 0 Å². The third-order valence-electron chi connectivity index (χ3n) is 3.10. The van der Waals surface area contributed by atoms with Crippen LogP contribution in [0.4, 0.5) is 26.3 Å². The molecule has 2 nitrogen and oxygen atoms in total. The van der Waals surface area contributed by atoms with E-state index in [4.69, 9.17) is 5.73 Å². The van der Waals surface area contributed by atoms with E-state index in [0.717, 1.165) is 0 Å². The SMILES string of the molecule is CC(C)[C@H](O)[C@H](N)c1ccc(C(F)(F)F)cc1C(F)(F)F.Cl. The summed E-state index contributed by atoms with van der Waals surface area (Å²) in [4.78, 5) is 0. The third kappa shape index (κ3) is 4.76. The topological polar surface area (TPSA) is 46.2 Å². The first kappa shape index (κ1) is 21.0. The highest BCUT2D eigenvalue weighted by molar-refractivity contribution is 5.85. The Morgan fingerprint density at radius 3 is 1.86 bits per heavy atom. The van der Waals surface area contributed by atoms with Crippen LogP contribution in [0.1, 0.15) is 36.6 Å². The summed E-state index contributed by atoms with van der Waals surface area (Å²) in [6.45, 7) is 3.09. The van der Waals surface area contributed by atoms with E-state index in [1.807, 2.05) is 0 Å². The maximum absolute atomic E-state index is 12.9. The summed E-state index contributed by atoms with van der Waals surface area (Å²) in [6, 6.07) is -0.217. The fraction of sp³-hybridized carbons (Fsp3) is 0.538. The molecule has 0 aliphatic rings. The summed E-state index contributed by atoms with van der Waals surface area (Å²) in [5.41, 5.74) is 2.11. The van der Waals surface area contributed by atoms with Crippen molar-refractivity contribution in [2.24, 2.45) is 11.7 Å². The predicted octanol–water partition coefficient (Wildman–Crippen LogP) is 4.16. The van der Waals surface area contributed by atoms with Gasteiger partial charge in [-0.3, -0.25) is 0 Å². The van der Waals surface area contributed by atoms with E-state index in [-0.39, 0.29) is 18.5 Å². The van der Waals surface area contributed by atoms with Crippen LogP contribution in [-0.4, -0.2) is 11.2 Å². The monoisotopic (exact) mass is 351 g/mol. The molecule has 0 aliphatic heterocycles. The number of rotatable bonds is 3. The molecule has 2 atom stereocenters.